The van der Waals surface area contributed by atoms with Gasteiger partial charge < -0.3 is 9.64 Å². The highest BCUT2D eigenvalue weighted by atomic mass is 32.1. The van der Waals surface area contributed by atoms with E-state index in [0.717, 1.165) is 47.3 Å². The number of anilines is 1. The number of rotatable bonds is 3. The summed E-state index contributed by atoms with van der Waals surface area (Å²) >= 11 is 1.57. The number of benzene rings is 1. The lowest BCUT2D eigenvalue weighted by atomic mass is 10.2. The van der Waals surface area contributed by atoms with Crippen molar-refractivity contribution in [1.82, 2.24) is 0 Å². The van der Waals surface area contributed by atoms with Crippen LogP contribution in [0.2, 0.25) is 0 Å². The van der Waals surface area contributed by atoms with Crippen molar-refractivity contribution in [2.45, 2.75) is 13.8 Å². The van der Waals surface area contributed by atoms with Gasteiger partial charge in [-0.15, -0.1) is 11.3 Å². The van der Waals surface area contributed by atoms with E-state index in [2.05, 4.69) is 40.2 Å². The quantitative estimate of drug-likeness (QED) is 0.806. The number of morpholine rings is 1. The second-order valence-corrected chi connectivity index (χ2v) is 6.73. The van der Waals surface area contributed by atoms with Crippen LogP contribution in [0, 0.1) is 25.2 Å². The minimum absolute atomic E-state index is 0.689. The minimum Gasteiger partial charge on any atom is -0.378 e. The standard InChI is InChI=1S/C18H19N3OS/c1-13-14(2)23-18(17(13)11-19)20-12-15-3-5-16(6-4-15)21-7-9-22-10-8-21/h3-6,12H,7-10H2,1-2H3/b20-12+. The van der Waals surface area contributed by atoms with Gasteiger partial charge in [0.25, 0.3) is 0 Å². The summed E-state index contributed by atoms with van der Waals surface area (Å²) in [5.41, 5.74) is 3.97. The highest BCUT2D eigenvalue weighted by molar-refractivity contribution is 7.16. The van der Waals surface area contributed by atoms with Gasteiger partial charge in [0.15, 0.2) is 0 Å². The third-order valence-corrected chi connectivity index (χ3v) is 5.19. The molecule has 0 bridgehead atoms. The average Bonchev–Trinajstić information content (AvgIpc) is 2.88. The number of nitrogens with zero attached hydrogens (tertiary/aromatic N) is 3. The summed E-state index contributed by atoms with van der Waals surface area (Å²) in [6, 6.07) is 10.6. The van der Waals surface area contributed by atoms with Crippen LogP contribution in [-0.4, -0.2) is 32.5 Å². The molecule has 2 aromatic rings. The highest BCUT2D eigenvalue weighted by Crippen LogP contribution is 2.33. The molecule has 118 valence electrons. The van der Waals surface area contributed by atoms with Crippen molar-refractivity contribution in [1.29, 1.82) is 5.26 Å². The van der Waals surface area contributed by atoms with Crippen LogP contribution in [0.3, 0.4) is 0 Å². The van der Waals surface area contributed by atoms with Gasteiger partial charge in [-0.2, -0.15) is 5.26 Å². The molecule has 1 saturated heterocycles. The van der Waals surface area contributed by atoms with E-state index in [1.54, 1.807) is 11.3 Å². The second-order valence-electron chi connectivity index (χ2n) is 5.52. The van der Waals surface area contributed by atoms with Crippen LogP contribution in [0.15, 0.2) is 29.3 Å². The van der Waals surface area contributed by atoms with Crippen LogP contribution in [-0.2, 0) is 4.74 Å². The van der Waals surface area contributed by atoms with E-state index >= 15 is 0 Å². The Morgan fingerprint density at radius 1 is 1.22 bits per heavy atom. The lowest BCUT2D eigenvalue weighted by Gasteiger charge is -2.28. The van der Waals surface area contributed by atoms with Gasteiger partial charge in [-0.1, -0.05) is 12.1 Å². The average molecular weight is 325 g/mol. The molecule has 1 aliphatic rings. The molecule has 0 unspecified atom stereocenters. The Balaban J connectivity index is 1.76. The molecule has 0 N–H and O–H groups in total. The monoisotopic (exact) mass is 325 g/mol. The van der Waals surface area contributed by atoms with Crippen molar-refractivity contribution in [2.75, 3.05) is 31.2 Å². The fraction of sp³-hybridized carbons (Fsp3) is 0.333. The Morgan fingerprint density at radius 3 is 2.57 bits per heavy atom. The van der Waals surface area contributed by atoms with Crippen LogP contribution in [0.1, 0.15) is 21.6 Å². The van der Waals surface area contributed by atoms with Gasteiger partial charge in [0.2, 0.25) is 0 Å². The van der Waals surface area contributed by atoms with E-state index < -0.39 is 0 Å². The normalized spacial score (nSPS) is 15.1. The van der Waals surface area contributed by atoms with Gasteiger partial charge >= 0.3 is 0 Å². The molecule has 5 heteroatoms. The summed E-state index contributed by atoms with van der Waals surface area (Å²) in [6.45, 7) is 7.45. The second kappa shape index (κ2) is 6.95. The Hall–Kier alpha value is -2.16. The van der Waals surface area contributed by atoms with Crippen LogP contribution in [0.4, 0.5) is 10.7 Å². The molecule has 0 saturated carbocycles. The molecule has 23 heavy (non-hydrogen) atoms. The van der Waals surface area contributed by atoms with Gasteiger partial charge in [0.1, 0.15) is 11.1 Å². The van der Waals surface area contributed by atoms with Gasteiger partial charge in [-0.3, -0.25) is 0 Å². The Labute approximate surface area is 140 Å². The van der Waals surface area contributed by atoms with Crippen molar-refractivity contribution in [3.05, 3.63) is 45.8 Å². The number of hydrogen-bond donors (Lipinski definition) is 0. The maximum Gasteiger partial charge on any atom is 0.134 e. The maximum atomic E-state index is 9.26. The van der Waals surface area contributed by atoms with Crippen LogP contribution < -0.4 is 4.90 Å². The molecule has 2 heterocycles. The van der Waals surface area contributed by atoms with Gasteiger partial charge in [-0.05, 0) is 37.1 Å². The smallest absolute Gasteiger partial charge is 0.134 e. The number of aliphatic imine (C=N–C) groups is 1. The van der Waals surface area contributed by atoms with E-state index in [-0.39, 0.29) is 0 Å². The summed E-state index contributed by atoms with van der Waals surface area (Å²) in [5, 5.41) is 10.0. The van der Waals surface area contributed by atoms with Crippen molar-refractivity contribution in [2.24, 2.45) is 4.99 Å². The zero-order chi connectivity index (χ0) is 16.2. The number of thiophene rings is 1. The summed E-state index contributed by atoms with van der Waals surface area (Å²) in [4.78, 5) is 7.98. The number of ether oxygens (including phenoxy) is 1. The number of nitriles is 1. The topological polar surface area (TPSA) is 48.6 Å². The molecule has 0 radical (unpaired) electrons. The van der Waals surface area contributed by atoms with Crippen molar-refractivity contribution in [3.8, 4) is 6.07 Å². The van der Waals surface area contributed by atoms with Crippen LogP contribution in [0.25, 0.3) is 0 Å². The first kappa shape index (κ1) is 15.7. The Bertz CT molecular complexity index is 750. The zero-order valence-corrected chi connectivity index (χ0v) is 14.2. The molecule has 1 aromatic heterocycles. The third kappa shape index (κ3) is 3.44. The molecule has 1 fully saturated rings. The van der Waals surface area contributed by atoms with E-state index in [9.17, 15) is 5.26 Å². The maximum absolute atomic E-state index is 9.26. The number of hydrogen-bond acceptors (Lipinski definition) is 5. The molecule has 1 aromatic carbocycles. The first-order chi connectivity index (χ1) is 11.2. The zero-order valence-electron chi connectivity index (χ0n) is 13.4. The molecule has 3 rings (SSSR count). The number of aryl methyl sites for hydroxylation is 1. The van der Waals surface area contributed by atoms with Crippen molar-refractivity contribution < 1.29 is 4.74 Å². The molecule has 0 spiro atoms. The lowest BCUT2D eigenvalue weighted by Crippen LogP contribution is -2.36. The predicted octanol–water partition coefficient (Wildman–Crippen LogP) is 3.82. The molecular formula is C18H19N3OS. The molecule has 0 amide bonds. The summed E-state index contributed by atoms with van der Waals surface area (Å²) in [6.07, 6.45) is 1.83. The Morgan fingerprint density at radius 2 is 1.91 bits per heavy atom. The van der Waals surface area contributed by atoms with Gasteiger partial charge in [0.05, 0.1) is 18.8 Å². The van der Waals surface area contributed by atoms with Gasteiger partial charge in [-0.25, -0.2) is 4.99 Å². The van der Waals surface area contributed by atoms with E-state index in [4.69, 9.17) is 4.74 Å². The Kier molecular flexibility index (Phi) is 4.75. The van der Waals surface area contributed by atoms with E-state index in [0.29, 0.717) is 5.56 Å². The molecule has 0 aliphatic carbocycles. The highest BCUT2D eigenvalue weighted by Gasteiger charge is 2.12. The summed E-state index contributed by atoms with van der Waals surface area (Å²) < 4.78 is 5.38. The molecular weight excluding hydrogens is 306 g/mol. The van der Waals surface area contributed by atoms with Crippen molar-refractivity contribution in [3.63, 3.8) is 0 Å². The van der Waals surface area contributed by atoms with Gasteiger partial charge in [0, 0.05) is 29.9 Å². The fourth-order valence-electron chi connectivity index (χ4n) is 2.56. The molecule has 4 nitrogen and oxygen atoms in total. The first-order valence-electron chi connectivity index (χ1n) is 7.66. The molecule has 0 atom stereocenters. The SMILES string of the molecule is Cc1sc(/N=C/c2ccc(N3CCOCC3)cc2)c(C#N)c1C. The van der Waals surface area contributed by atoms with E-state index in [1.165, 1.54) is 5.69 Å². The molecule has 1 aliphatic heterocycles. The fourth-order valence-corrected chi connectivity index (χ4v) is 3.51. The minimum atomic E-state index is 0.689. The van der Waals surface area contributed by atoms with Crippen LogP contribution in [0.5, 0.6) is 0 Å². The third-order valence-electron chi connectivity index (χ3n) is 4.08. The predicted molar refractivity (Wildman–Crippen MR) is 95.2 cm³/mol. The first-order valence-corrected chi connectivity index (χ1v) is 8.47. The van der Waals surface area contributed by atoms with E-state index in [1.807, 2.05) is 20.1 Å². The van der Waals surface area contributed by atoms with Crippen molar-refractivity contribution >= 4 is 28.2 Å². The lowest BCUT2D eigenvalue weighted by molar-refractivity contribution is 0.122. The summed E-state index contributed by atoms with van der Waals surface area (Å²) in [7, 11) is 0. The summed E-state index contributed by atoms with van der Waals surface area (Å²) in [5.74, 6) is 0. The largest absolute Gasteiger partial charge is 0.378 e. The van der Waals surface area contributed by atoms with Crippen LogP contribution >= 0.6 is 11.3 Å².